The number of esters is 1. The highest BCUT2D eigenvalue weighted by molar-refractivity contribution is 6.59. The fourth-order valence-electron chi connectivity index (χ4n) is 3.20. The minimum Gasteiger partial charge on any atom is -0.465 e. The van der Waals surface area contributed by atoms with Crippen LogP contribution in [-0.4, -0.2) is 21.4 Å². The van der Waals surface area contributed by atoms with Crippen LogP contribution < -0.4 is 0 Å². The zero-order valence-corrected chi connectivity index (χ0v) is 15.9. The van der Waals surface area contributed by atoms with Gasteiger partial charge in [0.15, 0.2) is 0 Å². The van der Waals surface area contributed by atoms with Crippen LogP contribution in [0.1, 0.15) is 37.3 Å². The number of rotatable bonds is 5. The highest BCUT2D eigenvalue weighted by atomic mass is 28.3. The summed E-state index contributed by atoms with van der Waals surface area (Å²) in [6, 6.07) is 16.9. The zero-order chi connectivity index (χ0) is 17.3. The molecular formula is C21H25O2Si. The van der Waals surface area contributed by atoms with Gasteiger partial charge in [0.25, 0.3) is 0 Å². The summed E-state index contributed by atoms with van der Waals surface area (Å²) in [7, 11) is -0.540. The summed E-state index contributed by atoms with van der Waals surface area (Å²) in [5, 5.41) is 0.0627. The third-order valence-corrected chi connectivity index (χ3v) is 8.20. The van der Waals surface area contributed by atoms with Gasteiger partial charge in [-0.25, -0.2) is 0 Å². The molecule has 0 fully saturated rings. The Labute approximate surface area is 146 Å². The minimum absolute atomic E-state index is 0.0627. The Kier molecular flexibility index (Phi) is 4.64. The highest BCUT2D eigenvalue weighted by Gasteiger charge is 2.31. The van der Waals surface area contributed by atoms with Gasteiger partial charge in [-0.3, -0.25) is 4.79 Å². The predicted molar refractivity (Wildman–Crippen MR) is 101 cm³/mol. The van der Waals surface area contributed by atoms with Crippen LogP contribution in [0.25, 0.3) is 11.1 Å². The van der Waals surface area contributed by atoms with Crippen molar-refractivity contribution in [1.82, 2.24) is 0 Å². The van der Waals surface area contributed by atoms with Gasteiger partial charge < -0.3 is 4.74 Å². The number of hydrogen-bond acceptors (Lipinski definition) is 2. The van der Waals surface area contributed by atoms with Gasteiger partial charge in [-0.1, -0.05) is 75.5 Å². The van der Waals surface area contributed by atoms with Gasteiger partial charge in [0.2, 0.25) is 0 Å². The lowest BCUT2D eigenvalue weighted by atomic mass is 9.98. The van der Waals surface area contributed by atoms with Crippen molar-refractivity contribution in [2.75, 3.05) is 6.61 Å². The average Bonchev–Trinajstić information content (AvgIpc) is 2.86. The first kappa shape index (κ1) is 17.0. The molecule has 1 radical (unpaired) electrons. The lowest BCUT2D eigenvalue weighted by Gasteiger charge is -2.27. The molecular weight excluding hydrogens is 312 g/mol. The summed E-state index contributed by atoms with van der Waals surface area (Å²) in [6.45, 7) is 9.27. The Morgan fingerprint density at radius 3 is 2.00 bits per heavy atom. The number of carbonyl (C=O) groups is 1. The normalized spacial score (nSPS) is 13.7. The van der Waals surface area contributed by atoms with Crippen molar-refractivity contribution in [2.45, 2.75) is 44.3 Å². The monoisotopic (exact) mass is 337 g/mol. The molecule has 0 bridgehead atoms. The molecule has 0 unspecified atom stereocenters. The molecule has 0 atom stereocenters. The van der Waals surface area contributed by atoms with Crippen molar-refractivity contribution in [3.63, 3.8) is 0 Å². The second-order valence-electron chi connectivity index (χ2n) is 7.47. The standard InChI is InChI=1S/C21H25O2Si/c1-21(2,24(3)4)13-20(22)23-14-19-17-11-7-5-9-15(17)16-10-6-8-12-18(16)19/h5-12,19H,13-14H2,1-4H3. The molecule has 0 saturated carbocycles. The molecule has 0 heterocycles. The van der Waals surface area contributed by atoms with Crippen LogP contribution in [0.2, 0.25) is 18.1 Å². The van der Waals surface area contributed by atoms with Crippen LogP contribution in [0.3, 0.4) is 0 Å². The van der Waals surface area contributed by atoms with E-state index in [-0.39, 0.29) is 16.9 Å². The van der Waals surface area contributed by atoms with Crippen molar-refractivity contribution in [3.05, 3.63) is 59.7 Å². The lowest BCUT2D eigenvalue weighted by Crippen LogP contribution is -2.25. The first-order chi connectivity index (χ1) is 11.4. The fraction of sp³-hybridized carbons (Fsp3) is 0.381. The zero-order valence-electron chi connectivity index (χ0n) is 14.9. The van der Waals surface area contributed by atoms with E-state index >= 15 is 0 Å². The smallest absolute Gasteiger partial charge is 0.306 e. The van der Waals surface area contributed by atoms with Gasteiger partial charge in [0.1, 0.15) is 6.61 Å². The van der Waals surface area contributed by atoms with E-state index in [1.165, 1.54) is 22.3 Å². The Balaban J connectivity index is 1.75. The van der Waals surface area contributed by atoms with Gasteiger partial charge in [-0.2, -0.15) is 0 Å². The Hall–Kier alpha value is -1.87. The molecule has 24 heavy (non-hydrogen) atoms. The molecule has 2 aromatic carbocycles. The van der Waals surface area contributed by atoms with Crippen LogP contribution in [-0.2, 0) is 9.53 Å². The van der Waals surface area contributed by atoms with Crippen molar-refractivity contribution in [3.8, 4) is 11.1 Å². The molecule has 0 aliphatic heterocycles. The maximum atomic E-state index is 12.3. The topological polar surface area (TPSA) is 26.3 Å². The summed E-state index contributed by atoms with van der Waals surface area (Å²) in [4.78, 5) is 12.3. The molecule has 0 saturated heterocycles. The second-order valence-corrected chi connectivity index (χ2v) is 10.8. The molecule has 0 aromatic heterocycles. The van der Waals surface area contributed by atoms with E-state index in [1.807, 2.05) is 0 Å². The van der Waals surface area contributed by atoms with Gasteiger partial charge in [-0.05, 0) is 27.3 Å². The summed E-state index contributed by atoms with van der Waals surface area (Å²) in [5.74, 6) is 0.0746. The van der Waals surface area contributed by atoms with E-state index in [0.717, 1.165) is 0 Å². The summed E-state index contributed by atoms with van der Waals surface area (Å²) < 4.78 is 5.70. The largest absolute Gasteiger partial charge is 0.465 e. The number of carbonyl (C=O) groups excluding carboxylic acids is 1. The second kappa shape index (κ2) is 6.56. The quantitative estimate of drug-likeness (QED) is 0.549. The Morgan fingerprint density at radius 1 is 1.00 bits per heavy atom. The minimum atomic E-state index is -0.540. The van der Waals surface area contributed by atoms with Crippen LogP contribution in [0, 0.1) is 0 Å². The van der Waals surface area contributed by atoms with E-state index < -0.39 is 8.80 Å². The van der Waals surface area contributed by atoms with Gasteiger partial charge in [0.05, 0.1) is 0 Å². The van der Waals surface area contributed by atoms with E-state index in [0.29, 0.717) is 13.0 Å². The molecule has 3 heteroatoms. The molecule has 125 valence electrons. The van der Waals surface area contributed by atoms with Crippen LogP contribution in [0.15, 0.2) is 48.5 Å². The fourth-order valence-corrected chi connectivity index (χ4v) is 3.70. The van der Waals surface area contributed by atoms with Crippen molar-refractivity contribution >= 4 is 14.8 Å². The third-order valence-electron chi connectivity index (χ3n) is 5.31. The SMILES string of the molecule is C[Si](C)C(C)(C)CC(=O)OCC1c2ccccc2-c2ccccc21. The van der Waals surface area contributed by atoms with Crippen LogP contribution in [0.4, 0.5) is 0 Å². The van der Waals surface area contributed by atoms with Gasteiger partial charge in [0, 0.05) is 21.1 Å². The molecule has 2 nitrogen and oxygen atoms in total. The van der Waals surface area contributed by atoms with Crippen molar-refractivity contribution in [2.24, 2.45) is 0 Å². The lowest BCUT2D eigenvalue weighted by molar-refractivity contribution is -0.144. The van der Waals surface area contributed by atoms with E-state index in [2.05, 4.69) is 75.5 Å². The number of benzene rings is 2. The maximum Gasteiger partial charge on any atom is 0.306 e. The molecule has 3 rings (SSSR count). The molecule has 0 N–H and O–H groups in total. The van der Waals surface area contributed by atoms with Crippen molar-refractivity contribution < 1.29 is 9.53 Å². The number of hydrogen-bond donors (Lipinski definition) is 0. The van der Waals surface area contributed by atoms with E-state index in [1.54, 1.807) is 0 Å². The molecule has 2 aromatic rings. The summed E-state index contributed by atoms with van der Waals surface area (Å²) >= 11 is 0. The van der Waals surface area contributed by atoms with E-state index in [4.69, 9.17) is 4.74 Å². The van der Waals surface area contributed by atoms with Crippen LogP contribution >= 0.6 is 0 Å². The maximum absolute atomic E-state index is 12.3. The van der Waals surface area contributed by atoms with Gasteiger partial charge in [-0.15, -0.1) is 0 Å². The molecule has 0 amide bonds. The van der Waals surface area contributed by atoms with Crippen molar-refractivity contribution in [1.29, 1.82) is 0 Å². The summed E-state index contributed by atoms with van der Waals surface area (Å²) in [6.07, 6.45) is 0.504. The van der Waals surface area contributed by atoms with Crippen LogP contribution in [0.5, 0.6) is 0 Å². The predicted octanol–water partition coefficient (Wildman–Crippen LogP) is 5.27. The highest BCUT2D eigenvalue weighted by Crippen LogP contribution is 2.44. The first-order valence-electron chi connectivity index (χ1n) is 8.54. The molecule has 1 aliphatic rings. The van der Waals surface area contributed by atoms with E-state index in [9.17, 15) is 4.79 Å². The molecule has 1 aliphatic carbocycles. The average molecular weight is 338 g/mol. The Morgan fingerprint density at radius 2 is 1.50 bits per heavy atom. The first-order valence-corrected chi connectivity index (χ1v) is 11.0. The number of fused-ring (bicyclic) bond motifs is 3. The van der Waals surface area contributed by atoms with Gasteiger partial charge >= 0.3 is 5.97 Å². The number of ether oxygens (including phenoxy) is 1. The Bertz CT molecular complexity index is 704. The molecule has 0 spiro atoms. The third kappa shape index (κ3) is 3.18. The summed E-state index contributed by atoms with van der Waals surface area (Å²) in [5.41, 5.74) is 5.06.